The van der Waals surface area contributed by atoms with Crippen molar-refractivity contribution in [2.24, 2.45) is 0 Å². The van der Waals surface area contributed by atoms with Gasteiger partial charge in [0.05, 0.1) is 12.3 Å². The molecule has 1 N–H and O–H groups in total. The van der Waals surface area contributed by atoms with Crippen LogP contribution in [0, 0.1) is 0 Å². The molecule has 4 rings (SSSR count). The van der Waals surface area contributed by atoms with Crippen LogP contribution in [0.1, 0.15) is 66.1 Å². The fourth-order valence-corrected chi connectivity index (χ4v) is 6.48. The fourth-order valence-electron chi connectivity index (χ4n) is 5.14. The Hall–Kier alpha value is -1.60. The van der Waals surface area contributed by atoms with E-state index in [1.54, 1.807) is 12.1 Å². The standard InChI is InChI=1S/C23H26Cl2N2O3S/c1-14-16-7-3-4-8-17(16)23(28)27(22(14)18-12-11-15(24)13-19(18)25)21-10-6-5-9-20(21)26-31(2,29)30/h3-4,7-8,11-14,20-22,26H,5-6,9-10H2,1-2H3/t14-,20+,21+,22-/m1/s1. The third-order valence-electron chi connectivity index (χ3n) is 6.42. The van der Waals surface area contributed by atoms with Gasteiger partial charge in [-0.1, -0.05) is 67.2 Å². The van der Waals surface area contributed by atoms with Gasteiger partial charge in [-0.05, 0) is 42.2 Å². The van der Waals surface area contributed by atoms with E-state index < -0.39 is 10.0 Å². The first-order valence-corrected chi connectivity index (χ1v) is 13.2. The second kappa shape index (κ2) is 8.74. The predicted octanol–water partition coefficient (Wildman–Crippen LogP) is 5.15. The number of hydrogen-bond acceptors (Lipinski definition) is 3. The van der Waals surface area contributed by atoms with Crippen LogP contribution in [-0.2, 0) is 10.0 Å². The molecule has 166 valence electrons. The lowest BCUT2D eigenvalue weighted by Gasteiger charge is -2.49. The zero-order valence-electron chi connectivity index (χ0n) is 17.5. The molecule has 1 heterocycles. The summed E-state index contributed by atoms with van der Waals surface area (Å²) in [7, 11) is -3.41. The highest BCUT2D eigenvalue weighted by atomic mass is 35.5. The van der Waals surface area contributed by atoms with Crippen molar-refractivity contribution in [2.45, 2.75) is 56.7 Å². The van der Waals surface area contributed by atoms with Gasteiger partial charge in [0.2, 0.25) is 10.0 Å². The van der Waals surface area contributed by atoms with Gasteiger partial charge in [0.25, 0.3) is 5.91 Å². The van der Waals surface area contributed by atoms with E-state index in [2.05, 4.69) is 11.6 Å². The molecule has 1 saturated carbocycles. The third-order valence-corrected chi connectivity index (χ3v) is 7.72. The van der Waals surface area contributed by atoms with Crippen LogP contribution in [0.5, 0.6) is 0 Å². The number of nitrogens with zero attached hydrogens (tertiary/aromatic N) is 1. The summed E-state index contributed by atoms with van der Waals surface area (Å²) in [6, 6.07) is 12.1. The number of amides is 1. The molecule has 5 nitrogen and oxygen atoms in total. The van der Waals surface area contributed by atoms with Gasteiger partial charge in [-0.3, -0.25) is 4.79 Å². The van der Waals surface area contributed by atoms with Crippen LogP contribution in [0.3, 0.4) is 0 Å². The Kier molecular flexibility index (Phi) is 6.37. The summed E-state index contributed by atoms with van der Waals surface area (Å²) in [4.78, 5) is 15.7. The number of halogens is 2. The second-order valence-corrected chi connectivity index (χ2v) is 11.2. The predicted molar refractivity (Wildman–Crippen MR) is 124 cm³/mol. The summed E-state index contributed by atoms with van der Waals surface area (Å²) < 4.78 is 26.9. The van der Waals surface area contributed by atoms with Crippen molar-refractivity contribution in [1.29, 1.82) is 0 Å². The maximum absolute atomic E-state index is 13.8. The molecule has 0 saturated heterocycles. The van der Waals surface area contributed by atoms with Crippen molar-refractivity contribution in [3.8, 4) is 0 Å². The Balaban J connectivity index is 1.86. The van der Waals surface area contributed by atoms with Gasteiger partial charge in [0.15, 0.2) is 0 Å². The van der Waals surface area contributed by atoms with Crippen molar-refractivity contribution in [3.63, 3.8) is 0 Å². The molecule has 0 spiro atoms. The Morgan fingerprint density at radius 3 is 2.45 bits per heavy atom. The van der Waals surface area contributed by atoms with Crippen LogP contribution in [0.4, 0.5) is 0 Å². The first-order chi connectivity index (χ1) is 14.7. The molecular formula is C23H26Cl2N2O3S. The number of benzene rings is 2. The monoisotopic (exact) mass is 480 g/mol. The largest absolute Gasteiger partial charge is 0.326 e. The van der Waals surface area contributed by atoms with Crippen molar-refractivity contribution >= 4 is 39.1 Å². The molecule has 1 aliphatic carbocycles. The molecule has 1 fully saturated rings. The molecule has 8 heteroatoms. The summed E-state index contributed by atoms with van der Waals surface area (Å²) in [5.41, 5.74) is 2.47. The highest BCUT2D eigenvalue weighted by molar-refractivity contribution is 7.88. The molecule has 0 radical (unpaired) electrons. The smallest absolute Gasteiger partial charge is 0.254 e. The van der Waals surface area contributed by atoms with E-state index in [1.165, 1.54) is 6.26 Å². The molecule has 31 heavy (non-hydrogen) atoms. The number of hydrogen-bond donors (Lipinski definition) is 1. The third kappa shape index (κ3) is 4.49. The second-order valence-electron chi connectivity index (χ2n) is 8.55. The van der Waals surface area contributed by atoms with Gasteiger partial charge in [0, 0.05) is 33.6 Å². The molecule has 2 aromatic rings. The lowest BCUT2D eigenvalue weighted by Crippen LogP contribution is -2.57. The molecule has 0 aromatic heterocycles. The van der Waals surface area contributed by atoms with Crippen LogP contribution >= 0.6 is 23.2 Å². The minimum Gasteiger partial charge on any atom is -0.326 e. The van der Waals surface area contributed by atoms with Gasteiger partial charge in [-0.25, -0.2) is 13.1 Å². The molecule has 0 unspecified atom stereocenters. The topological polar surface area (TPSA) is 66.5 Å². The number of sulfonamides is 1. The van der Waals surface area contributed by atoms with Crippen LogP contribution in [0.15, 0.2) is 42.5 Å². The van der Waals surface area contributed by atoms with Gasteiger partial charge >= 0.3 is 0 Å². The van der Waals surface area contributed by atoms with Crippen LogP contribution in [0.2, 0.25) is 10.0 Å². The van der Waals surface area contributed by atoms with Gasteiger partial charge in [0.1, 0.15) is 0 Å². The minimum atomic E-state index is -3.41. The van der Waals surface area contributed by atoms with E-state index in [4.69, 9.17) is 23.2 Å². The Labute approximate surface area is 193 Å². The van der Waals surface area contributed by atoms with Crippen molar-refractivity contribution < 1.29 is 13.2 Å². The molecule has 1 amide bonds. The van der Waals surface area contributed by atoms with Crippen molar-refractivity contribution in [3.05, 3.63) is 69.2 Å². The highest BCUT2D eigenvalue weighted by Gasteiger charge is 2.45. The Bertz CT molecular complexity index is 1110. The van der Waals surface area contributed by atoms with E-state index in [-0.39, 0.29) is 30.0 Å². The molecule has 4 atom stereocenters. The average molecular weight is 481 g/mol. The lowest BCUT2D eigenvalue weighted by molar-refractivity contribution is 0.0374. The molecule has 2 aromatic carbocycles. The van der Waals surface area contributed by atoms with Gasteiger partial charge in [-0.2, -0.15) is 0 Å². The fraction of sp³-hybridized carbons (Fsp3) is 0.435. The summed E-state index contributed by atoms with van der Waals surface area (Å²) >= 11 is 12.8. The van der Waals surface area contributed by atoms with E-state index in [0.29, 0.717) is 22.0 Å². The van der Waals surface area contributed by atoms with E-state index in [9.17, 15) is 13.2 Å². The summed E-state index contributed by atoms with van der Waals surface area (Å²) in [5, 5.41) is 1.04. The van der Waals surface area contributed by atoms with Crippen molar-refractivity contribution in [2.75, 3.05) is 6.26 Å². The molecule has 0 bridgehead atoms. The van der Waals surface area contributed by atoms with Gasteiger partial charge < -0.3 is 4.90 Å². The zero-order chi connectivity index (χ0) is 22.3. The molecule has 1 aliphatic heterocycles. The number of nitrogens with one attached hydrogen (secondary N) is 1. The van der Waals surface area contributed by atoms with Crippen LogP contribution < -0.4 is 4.72 Å². The number of carbonyl (C=O) groups excluding carboxylic acids is 1. The Morgan fingerprint density at radius 1 is 1.03 bits per heavy atom. The normalized spacial score (nSPS) is 26.6. The molecular weight excluding hydrogens is 455 g/mol. The van der Waals surface area contributed by atoms with Crippen LogP contribution in [0.25, 0.3) is 0 Å². The van der Waals surface area contributed by atoms with E-state index in [1.807, 2.05) is 35.2 Å². The zero-order valence-corrected chi connectivity index (χ0v) is 19.8. The number of fused-ring (bicyclic) bond motifs is 1. The van der Waals surface area contributed by atoms with E-state index in [0.717, 1.165) is 30.4 Å². The highest BCUT2D eigenvalue weighted by Crippen LogP contribution is 2.47. The molecule has 2 aliphatic rings. The average Bonchev–Trinajstić information content (AvgIpc) is 2.71. The summed E-state index contributed by atoms with van der Waals surface area (Å²) in [6.45, 7) is 2.09. The van der Waals surface area contributed by atoms with E-state index >= 15 is 0 Å². The first kappa shape index (κ1) is 22.6. The van der Waals surface area contributed by atoms with Crippen molar-refractivity contribution in [1.82, 2.24) is 9.62 Å². The Morgan fingerprint density at radius 2 is 1.74 bits per heavy atom. The maximum atomic E-state index is 13.8. The maximum Gasteiger partial charge on any atom is 0.254 e. The summed E-state index contributed by atoms with van der Waals surface area (Å²) in [6.07, 6.45) is 4.45. The number of carbonyl (C=O) groups is 1. The van der Waals surface area contributed by atoms with Crippen LogP contribution in [-0.4, -0.2) is 37.6 Å². The minimum absolute atomic E-state index is 0.0200. The van der Waals surface area contributed by atoms with Gasteiger partial charge in [-0.15, -0.1) is 0 Å². The SMILES string of the molecule is C[C@@H]1c2ccccc2C(=O)N([C@H]2CCCC[C@@H]2NS(C)(=O)=O)[C@H]1c1ccc(Cl)cc1Cl. The summed E-state index contributed by atoms with van der Waals surface area (Å²) in [5.74, 6) is -0.106. The number of rotatable bonds is 4. The first-order valence-electron chi connectivity index (χ1n) is 10.5. The quantitative estimate of drug-likeness (QED) is 0.657. The lowest BCUT2D eigenvalue weighted by atomic mass is 9.78.